The number of aryl methyl sites for hydroxylation is 2. The van der Waals surface area contributed by atoms with E-state index in [9.17, 15) is 4.79 Å². The van der Waals surface area contributed by atoms with E-state index in [-0.39, 0.29) is 24.2 Å². The second kappa shape index (κ2) is 8.16. The van der Waals surface area contributed by atoms with Crippen LogP contribution in [-0.2, 0) is 4.79 Å². The molecule has 3 rings (SSSR count). The molecule has 2 unspecified atom stereocenters. The summed E-state index contributed by atoms with van der Waals surface area (Å²) in [6.07, 6.45) is 7.27. The van der Waals surface area contributed by atoms with Gasteiger partial charge in [-0.1, -0.05) is 18.9 Å². The Bertz CT molecular complexity index is 520. The summed E-state index contributed by atoms with van der Waals surface area (Å²) in [6.45, 7) is 6.52. The van der Waals surface area contributed by atoms with Crippen molar-refractivity contribution in [2.45, 2.75) is 58.4 Å². The zero-order valence-corrected chi connectivity index (χ0v) is 15.1. The first-order valence-corrected chi connectivity index (χ1v) is 8.77. The molecule has 1 aromatic carbocycles. The fourth-order valence-electron chi connectivity index (χ4n) is 4.21. The molecule has 1 aromatic rings. The van der Waals surface area contributed by atoms with Crippen LogP contribution in [-0.4, -0.2) is 29.9 Å². The van der Waals surface area contributed by atoms with Crippen LogP contribution in [0.5, 0.6) is 0 Å². The van der Waals surface area contributed by atoms with E-state index in [1.165, 1.54) is 56.3 Å². The fraction of sp³-hybridized carbons (Fsp3) is 0.632. The highest BCUT2D eigenvalue weighted by Crippen LogP contribution is 2.31. The number of rotatable bonds is 3. The van der Waals surface area contributed by atoms with Crippen molar-refractivity contribution in [1.29, 1.82) is 0 Å². The Kier molecular flexibility index (Phi) is 6.49. The van der Waals surface area contributed by atoms with Gasteiger partial charge in [0, 0.05) is 11.7 Å². The van der Waals surface area contributed by atoms with E-state index in [0.29, 0.717) is 6.04 Å². The molecular formula is C19H29ClN2O. The van der Waals surface area contributed by atoms with E-state index in [0.717, 1.165) is 12.1 Å². The molecule has 2 aliphatic rings. The molecule has 128 valence electrons. The highest BCUT2D eigenvalue weighted by atomic mass is 35.5. The average Bonchev–Trinajstić information content (AvgIpc) is 3.00. The predicted molar refractivity (Wildman–Crippen MR) is 98.3 cm³/mol. The minimum Gasteiger partial charge on any atom is -0.326 e. The molecule has 0 aromatic heterocycles. The first-order chi connectivity index (χ1) is 10.6. The molecule has 0 spiro atoms. The van der Waals surface area contributed by atoms with Crippen LogP contribution in [0.4, 0.5) is 5.69 Å². The molecule has 1 saturated heterocycles. The molecule has 1 aliphatic carbocycles. The number of amides is 1. The van der Waals surface area contributed by atoms with Crippen LogP contribution in [0.3, 0.4) is 0 Å². The van der Waals surface area contributed by atoms with Gasteiger partial charge in [-0.05, 0) is 75.9 Å². The smallest absolute Gasteiger partial charge is 0.229 e. The number of halogens is 1. The highest BCUT2D eigenvalue weighted by molar-refractivity contribution is 5.93. The van der Waals surface area contributed by atoms with Gasteiger partial charge in [0.25, 0.3) is 0 Å². The number of benzene rings is 1. The largest absolute Gasteiger partial charge is 0.326 e. The summed E-state index contributed by atoms with van der Waals surface area (Å²) in [5, 5.41) is 3.18. The number of anilines is 1. The van der Waals surface area contributed by atoms with Crippen molar-refractivity contribution in [3.05, 3.63) is 29.3 Å². The van der Waals surface area contributed by atoms with E-state index in [2.05, 4.69) is 42.3 Å². The Balaban J connectivity index is 0.00000192. The summed E-state index contributed by atoms with van der Waals surface area (Å²) in [6, 6.07) is 6.74. The molecule has 2 atom stereocenters. The van der Waals surface area contributed by atoms with Crippen molar-refractivity contribution in [3.8, 4) is 0 Å². The van der Waals surface area contributed by atoms with Crippen LogP contribution in [0.15, 0.2) is 18.2 Å². The van der Waals surface area contributed by atoms with Crippen molar-refractivity contribution in [2.24, 2.45) is 5.92 Å². The number of nitrogens with zero attached hydrogens (tertiary/aromatic N) is 1. The molecule has 2 fully saturated rings. The molecule has 0 radical (unpaired) electrons. The van der Waals surface area contributed by atoms with Crippen LogP contribution < -0.4 is 5.32 Å². The third-order valence-electron chi connectivity index (χ3n) is 5.17. The lowest BCUT2D eigenvalue weighted by atomic mass is 9.83. The Hall–Kier alpha value is -1.06. The van der Waals surface area contributed by atoms with Gasteiger partial charge in [-0.3, -0.25) is 9.69 Å². The second-order valence-corrected chi connectivity index (χ2v) is 7.07. The third kappa shape index (κ3) is 4.48. The van der Waals surface area contributed by atoms with Crippen LogP contribution >= 0.6 is 12.4 Å². The van der Waals surface area contributed by atoms with Gasteiger partial charge >= 0.3 is 0 Å². The van der Waals surface area contributed by atoms with Gasteiger partial charge in [0.1, 0.15) is 0 Å². The van der Waals surface area contributed by atoms with Gasteiger partial charge in [-0.15, -0.1) is 12.4 Å². The first-order valence-electron chi connectivity index (χ1n) is 8.77. The topological polar surface area (TPSA) is 32.3 Å². The van der Waals surface area contributed by atoms with E-state index in [1.807, 2.05) is 0 Å². The summed E-state index contributed by atoms with van der Waals surface area (Å²) < 4.78 is 0. The van der Waals surface area contributed by atoms with Gasteiger partial charge in [0.2, 0.25) is 5.91 Å². The highest BCUT2D eigenvalue weighted by Gasteiger charge is 2.35. The average molecular weight is 337 g/mol. The Morgan fingerprint density at radius 3 is 2.26 bits per heavy atom. The molecule has 0 bridgehead atoms. The zero-order valence-electron chi connectivity index (χ0n) is 14.3. The molecule has 1 heterocycles. The third-order valence-corrected chi connectivity index (χ3v) is 5.17. The monoisotopic (exact) mass is 336 g/mol. The van der Waals surface area contributed by atoms with Crippen molar-refractivity contribution in [2.75, 3.05) is 18.4 Å². The van der Waals surface area contributed by atoms with E-state index >= 15 is 0 Å². The zero-order chi connectivity index (χ0) is 15.5. The predicted octanol–water partition coefficient (Wildman–Crippen LogP) is 4.32. The van der Waals surface area contributed by atoms with Gasteiger partial charge < -0.3 is 5.32 Å². The molecule has 1 aliphatic heterocycles. The van der Waals surface area contributed by atoms with Crippen molar-refractivity contribution < 1.29 is 4.79 Å². The maximum atomic E-state index is 12.8. The lowest BCUT2D eigenvalue weighted by molar-refractivity contribution is -0.123. The van der Waals surface area contributed by atoms with Crippen LogP contribution in [0.25, 0.3) is 0 Å². The van der Waals surface area contributed by atoms with Crippen molar-refractivity contribution in [1.82, 2.24) is 4.90 Å². The summed E-state index contributed by atoms with van der Waals surface area (Å²) >= 11 is 0. The van der Waals surface area contributed by atoms with Crippen molar-refractivity contribution >= 4 is 24.0 Å². The Morgan fingerprint density at radius 2 is 1.61 bits per heavy atom. The number of likely N-dealkylation sites (tertiary alicyclic amines) is 1. The summed E-state index contributed by atoms with van der Waals surface area (Å²) in [5.41, 5.74) is 3.36. The normalized spacial score (nSPS) is 25.0. The van der Waals surface area contributed by atoms with Gasteiger partial charge in [-0.2, -0.15) is 0 Å². The maximum Gasteiger partial charge on any atom is 0.229 e. The van der Waals surface area contributed by atoms with E-state index in [4.69, 9.17) is 0 Å². The molecular weight excluding hydrogens is 308 g/mol. The maximum absolute atomic E-state index is 12.8. The number of hydrogen-bond acceptors (Lipinski definition) is 2. The molecule has 1 N–H and O–H groups in total. The number of carbonyl (C=O) groups excluding carboxylic acids is 1. The number of carbonyl (C=O) groups is 1. The summed E-state index contributed by atoms with van der Waals surface area (Å²) in [5.74, 6) is 0.384. The fourth-order valence-corrected chi connectivity index (χ4v) is 4.21. The lowest BCUT2D eigenvalue weighted by Gasteiger charge is -2.37. The quantitative estimate of drug-likeness (QED) is 0.891. The van der Waals surface area contributed by atoms with Crippen LogP contribution in [0.1, 0.15) is 49.7 Å². The van der Waals surface area contributed by atoms with Crippen LogP contribution in [0, 0.1) is 19.8 Å². The molecule has 1 amide bonds. The van der Waals surface area contributed by atoms with Crippen LogP contribution in [0.2, 0.25) is 0 Å². The minimum atomic E-state index is 0. The van der Waals surface area contributed by atoms with Gasteiger partial charge in [-0.25, -0.2) is 0 Å². The number of hydrogen-bond donors (Lipinski definition) is 1. The summed E-state index contributed by atoms with van der Waals surface area (Å²) in [4.78, 5) is 15.4. The molecule has 3 nitrogen and oxygen atoms in total. The SMILES string of the molecule is Cc1cc(C)cc(NC(=O)C2CCCCC2N2CCCC2)c1.Cl. The Morgan fingerprint density at radius 1 is 1.00 bits per heavy atom. The second-order valence-electron chi connectivity index (χ2n) is 7.07. The molecule has 23 heavy (non-hydrogen) atoms. The lowest BCUT2D eigenvalue weighted by Crippen LogP contribution is -2.45. The van der Waals surface area contributed by atoms with Gasteiger partial charge in [0.05, 0.1) is 5.92 Å². The molecule has 4 heteroatoms. The molecule has 1 saturated carbocycles. The van der Waals surface area contributed by atoms with E-state index in [1.54, 1.807) is 0 Å². The van der Waals surface area contributed by atoms with Crippen molar-refractivity contribution in [3.63, 3.8) is 0 Å². The summed E-state index contributed by atoms with van der Waals surface area (Å²) in [7, 11) is 0. The standard InChI is InChI=1S/C19H28N2O.ClH/c1-14-11-15(2)13-16(12-14)20-19(22)17-7-3-4-8-18(17)21-9-5-6-10-21;/h11-13,17-18H,3-10H2,1-2H3,(H,20,22);1H. The minimum absolute atomic E-state index is 0. The first kappa shape index (κ1) is 18.3. The number of nitrogens with one attached hydrogen (secondary N) is 1. The van der Waals surface area contributed by atoms with E-state index < -0.39 is 0 Å². The van der Waals surface area contributed by atoms with Gasteiger partial charge in [0.15, 0.2) is 0 Å². The Labute approximate surface area is 146 Å².